The number of nitrogens with zero attached hydrogens (tertiary/aromatic N) is 2. The fraction of sp³-hybridized carbons (Fsp3) is 0.562. The molecule has 2 rings (SSSR count). The number of esters is 1. The van der Waals surface area contributed by atoms with Crippen molar-refractivity contribution in [3.05, 3.63) is 29.8 Å². The molecular formula is C16H24N2O2. The highest BCUT2D eigenvalue weighted by Gasteiger charge is 2.23. The highest BCUT2D eigenvalue weighted by atomic mass is 16.6. The number of carbonyl (C=O) groups is 1. The summed E-state index contributed by atoms with van der Waals surface area (Å²) in [5, 5.41) is 0. The van der Waals surface area contributed by atoms with Gasteiger partial charge in [0.05, 0.1) is 11.3 Å². The van der Waals surface area contributed by atoms with Gasteiger partial charge in [0.1, 0.15) is 5.60 Å². The lowest BCUT2D eigenvalue weighted by atomic mass is 10.1. The van der Waals surface area contributed by atoms with Gasteiger partial charge in [-0.15, -0.1) is 0 Å². The van der Waals surface area contributed by atoms with Gasteiger partial charge in [-0.05, 0) is 40.0 Å². The predicted molar refractivity (Wildman–Crippen MR) is 81.3 cm³/mol. The van der Waals surface area contributed by atoms with Crippen LogP contribution in [0.15, 0.2) is 24.3 Å². The van der Waals surface area contributed by atoms with Crippen LogP contribution in [0, 0.1) is 0 Å². The molecule has 1 aliphatic heterocycles. The van der Waals surface area contributed by atoms with Gasteiger partial charge < -0.3 is 14.5 Å². The van der Waals surface area contributed by atoms with Crippen molar-refractivity contribution in [3.8, 4) is 0 Å². The van der Waals surface area contributed by atoms with Crippen LogP contribution >= 0.6 is 0 Å². The summed E-state index contributed by atoms with van der Waals surface area (Å²) in [6.07, 6.45) is 0. The van der Waals surface area contributed by atoms with Gasteiger partial charge in [0.2, 0.25) is 0 Å². The number of hydrogen-bond donors (Lipinski definition) is 0. The lowest BCUT2D eigenvalue weighted by Crippen LogP contribution is -2.45. The molecule has 0 atom stereocenters. The fourth-order valence-corrected chi connectivity index (χ4v) is 2.30. The summed E-state index contributed by atoms with van der Waals surface area (Å²) in [5.74, 6) is -0.243. The summed E-state index contributed by atoms with van der Waals surface area (Å²) in [6, 6.07) is 7.71. The molecule has 4 nitrogen and oxygen atoms in total. The zero-order chi connectivity index (χ0) is 14.8. The molecule has 110 valence electrons. The first-order chi connectivity index (χ1) is 9.37. The van der Waals surface area contributed by atoms with Crippen LogP contribution in [-0.4, -0.2) is 49.7 Å². The van der Waals surface area contributed by atoms with E-state index in [0.29, 0.717) is 5.56 Å². The van der Waals surface area contributed by atoms with E-state index in [9.17, 15) is 4.79 Å². The van der Waals surface area contributed by atoms with Crippen molar-refractivity contribution >= 4 is 11.7 Å². The standard InChI is InChI=1S/C16H24N2O2/c1-16(2,3)20-15(19)13-7-5-6-8-14(13)18-11-9-17(4)10-12-18/h5-8H,9-12H2,1-4H3. The lowest BCUT2D eigenvalue weighted by Gasteiger charge is -2.35. The third kappa shape index (κ3) is 3.73. The zero-order valence-corrected chi connectivity index (χ0v) is 12.8. The number of piperazine rings is 1. The van der Waals surface area contributed by atoms with E-state index in [0.717, 1.165) is 31.9 Å². The molecule has 1 heterocycles. The summed E-state index contributed by atoms with van der Waals surface area (Å²) < 4.78 is 5.50. The molecule has 0 unspecified atom stereocenters. The molecule has 1 aromatic carbocycles. The van der Waals surface area contributed by atoms with Crippen LogP contribution in [0.4, 0.5) is 5.69 Å². The molecule has 20 heavy (non-hydrogen) atoms. The Balaban J connectivity index is 2.20. The average Bonchev–Trinajstić information content (AvgIpc) is 2.38. The quantitative estimate of drug-likeness (QED) is 0.777. The van der Waals surface area contributed by atoms with Crippen LogP contribution < -0.4 is 4.90 Å². The molecule has 1 aliphatic rings. The summed E-state index contributed by atoms with van der Waals surface area (Å²) in [5.41, 5.74) is 1.17. The van der Waals surface area contributed by atoms with Crippen LogP contribution in [0.3, 0.4) is 0 Å². The molecule has 1 saturated heterocycles. The maximum atomic E-state index is 12.3. The molecule has 1 fully saturated rings. The molecule has 0 spiro atoms. The van der Waals surface area contributed by atoms with Gasteiger partial charge in [-0.25, -0.2) is 4.79 Å². The van der Waals surface area contributed by atoms with Gasteiger partial charge in [0.15, 0.2) is 0 Å². The van der Waals surface area contributed by atoms with E-state index in [-0.39, 0.29) is 5.97 Å². The molecule has 0 saturated carbocycles. The van der Waals surface area contributed by atoms with Gasteiger partial charge >= 0.3 is 5.97 Å². The fourth-order valence-electron chi connectivity index (χ4n) is 2.30. The van der Waals surface area contributed by atoms with Gasteiger partial charge in [-0.2, -0.15) is 0 Å². The lowest BCUT2D eigenvalue weighted by molar-refractivity contribution is 0.00702. The van der Waals surface area contributed by atoms with Crippen LogP contribution in [0.25, 0.3) is 0 Å². The Morgan fingerprint density at radius 1 is 1.10 bits per heavy atom. The van der Waals surface area contributed by atoms with Crippen LogP contribution in [0.1, 0.15) is 31.1 Å². The minimum absolute atomic E-state index is 0.243. The van der Waals surface area contributed by atoms with E-state index < -0.39 is 5.60 Å². The van der Waals surface area contributed by atoms with E-state index in [1.165, 1.54) is 0 Å². The maximum Gasteiger partial charge on any atom is 0.340 e. The summed E-state index contributed by atoms with van der Waals surface area (Å²) >= 11 is 0. The second-order valence-corrected chi connectivity index (χ2v) is 6.31. The maximum absolute atomic E-state index is 12.3. The van der Waals surface area contributed by atoms with Crippen molar-refractivity contribution in [1.29, 1.82) is 0 Å². The topological polar surface area (TPSA) is 32.8 Å². The minimum Gasteiger partial charge on any atom is -0.456 e. The molecular weight excluding hydrogens is 252 g/mol. The van der Waals surface area contributed by atoms with Gasteiger partial charge in [-0.3, -0.25) is 0 Å². The largest absolute Gasteiger partial charge is 0.456 e. The second-order valence-electron chi connectivity index (χ2n) is 6.31. The van der Waals surface area contributed by atoms with Gasteiger partial charge in [-0.1, -0.05) is 12.1 Å². The highest BCUT2D eigenvalue weighted by Crippen LogP contribution is 2.24. The number of benzene rings is 1. The number of rotatable bonds is 2. The Morgan fingerprint density at radius 2 is 1.70 bits per heavy atom. The number of ether oxygens (including phenoxy) is 1. The first-order valence-electron chi connectivity index (χ1n) is 7.13. The molecule has 0 radical (unpaired) electrons. The first-order valence-corrected chi connectivity index (χ1v) is 7.13. The van der Waals surface area contributed by atoms with Crippen LogP contribution in [0.2, 0.25) is 0 Å². The first kappa shape index (κ1) is 14.9. The normalized spacial score (nSPS) is 17.1. The van der Waals surface area contributed by atoms with E-state index >= 15 is 0 Å². The summed E-state index contributed by atoms with van der Waals surface area (Å²) in [4.78, 5) is 16.9. The Labute approximate surface area is 121 Å². The highest BCUT2D eigenvalue weighted by molar-refractivity contribution is 5.96. The molecule has 0 amide bonds. The van der Waals surface area contributed by atoms with Crippen molar-refractivity contribution in [2.75, 3.05) is 38.1 Å². The molecule has 0 aromatic heterocycles. The monoisotopic (exact) mass is 276 g/mol. The number of hydrogen-bond acceptors (Lipinski definition) is 4. The number of anilines is 1. The molecule has 0 aliphatic carbocycles. The Hall–Kier alpha value is -1.55. The summed E-state index contributed by atoms with van der Waals surface area (Å²) in [6.45, 7) is 9.59. The van der Waals surface area contributed by atoms with Crippen LogP contribution in [0.5, 0.6) is 0 Å². The predicted octanol–water partition coefficient (Wildman–Crippen LogP) is 2.39. The Bertz CT molecular complexity index is 472. The minimum atomic E-state index is -0.466. The molecule has 0 bridgehead atoms. The Kier molecular flexibility index (Phi) is 4.33. The van der Waals surface area contributed by atoms with E-state index in [2.05, 4.69) is 16.8 Å². The van der Waals surface area contributed by atoms with Crippen LogP contribution in [-0.2, 0) is 4.74 Å². The number of carbonyl (C=O) groups excluding carboxylic acids is 1. The number of likely N-dealkylation sites (N-methyl/N-ethyl adjacent to an activating group) is 1. The molecule has 4 heteroatoms. The van der Waals surface area contributed by atoms with Crippen molar-refractivity contribution in [1.82, 2.24) is 4.90 Å². The van der Waals surface area contributed by atoms with Gasteiger partial charge in [0.25, 0.3) is 0 Å². The van der Waals surface area contributed by atoms with E-state index in [1.807, 2.05) is 45.0 Å². The second kappa shape index (κ2) is 5.83. The third-order valence-electron chi connectivity index (χ3n) is 3.37. The van der Waals surface area contributed by atoms with E-state index in [4.69, 9.17) is 4.74 Å². The third-order valence-corrected chi connectivity index (χ3v) is 3.37. The Morgan fingerprint density at radius 3 is 2.30 bits per heavy atom. The SMILES string of the molecule is CN1CCN(c2ccccc2C(=O)OC(C)(C)C)CC1. The average molecular weight is 276 g/mol. The van der Waals surface area contributed by atoms with Crippen molar-refractivity contribution in [2.24, 2.45) is 0 Å². The van der Waals surface area contributed by atoms with Crippen molar-refractivity contribution < 1.29 is 9.53 Å². The summed E-state index contributed by atoms with van der Waals surface area (Å²) in [7, 11) is 2.12. The molecule has 0 N–H and O–H groups in total. The van der Waals surface area contributed by atoms with Crippen molar-refractivity contribution in [2.45, 2.75) is 26.4 Å². The van der Waals surface area contributed by atoms with Gasteiger partial charge in [0, 0.05) is 26.2 Å². The van der Waals surface area contributed by atoms with Crippen molar-refractivity contribution in [3.63, 3.8) is 0 Å². The molecule has 1 aromatic rings. The number of para-hydroxylation sites is 1. The van der Waals surface area contributed by atoms with E-state index in [1.54, 1.807) is 0 Å². The smallest absolute Gasteiger partial charge is 0.340 e. The zero-order valence-electron chi connectivity index (χ0n) is 12.8.